The van der Waals surface area contributed by atoms with Crippen molar-refractivity contribution in [3.63, 3.8) is 0 Å². The highest BCUT2D eigenvalue weighted by atomic mass is 16.2. The standard InChI is InChI=1S/C13H28N2O/c1-5-7-8-9-14-13(16)12(4)15-10-11(3)6-2/h11-12,15H,5-10H2,1-4H3,(H,14,16). The lowest BCUT2D eigenvalue weighted by molar-refractivity contribution is -0.122. The highest BCUT2D eigenvalue weighted by molar-refractivity contribution is 5.81. The van der Waals surface area contributed by atoms with E-state index in [2.05, 4.69) is 31.4 Å². The summed E-state index contributed by atoms with van der Waals surface area (Å²) in [5.41, 5.74) is 0. The fourth-order valence-corrected chi connectivity index (χ4v) is 1.35. The van der Waals surface area contributed by atoms with Gasteiger partial charge in [-0.2, -0.15) is 0 Å². The molecular formula is C13H28N2O. The normalized spacial score (nSPS) is 14.5. The average molecular weight is 228 g/mol. The van der Waals surface area contributed by atoms with Gasteiger partial charge in [0.1, 0.15) is 0 Å². The van der Waals surface area contributed by atoms with Gasteiger partial charge < -0.3 is 10.6 Å². The van der Waals surface area contributed by atoms with Gasteiger partial charge in [0.15, 0.2) is 0 Å². The Balaban J connectivity index is 3.57. The van der Waals surface area contributed by atoms with E-state index in [1.54, 1.807) is 0 Å². The molecule has 0 bridgehead atoms. The molecule has 0 saturated heterocycles. The van der Waals surface area contributed by atoms with E-state index >= 15 is 0 Å². The van der Waals surface area contributed by atoms with Gasteiger partial charge in [-0.25, -0.2) is 0 Å². The SMILES string of the molecule is CCCCCNC(=O)C(C)NCC(C)CC. The fraction of sp³-hybridized carbons (Fsp3) is 0.923. The predicted octanol–water partition coefficient (Wildman–Crippen LogP) is 2.32. The minimum atomic E-state index is -0.0735. The monoisotopic (exact) mass is 228 g/mol. The van der Waals surface area contributed by atoms with E-state index in [1.165, 1.54) is 12.8 Å². The largest absolute Gasteiger partial charge is 0.355 e. The van der Waals surface area contributed by atoms with E-state index < -0.39 is 0 Å². The summed E-state index contributed by atoms with van der Waals surface area (Å²) in [6.07, 6.45) is 4.62. The number of amides is 1. The Morgan fingerprint density at radius 3 is 2.44 bits per heavy atom. The molecule has 2 unspecified atom stereocenters. The number of carbonyl (C=O) groups is 1. The maximum absolute atomic E-state index is 11.6. The molecule has 3 heteroatoms. The molecule has 0 aromatic heterocycles. The molecule has 0 aromatic carbocycles. The molecule has 0 fully saturated rings. The van der Waals surface area contributed by atoms with Crippen molar-refractivity contribution in [2.45, 2.75) is 59.4 Å². The highest BCUT2D eigenvalue weighted by Crippen LogP contribution is 1.98. The quantitative estimate of drug-likeness (QED) is 0.595. The van der Waals surface area contributed by atoms with Crippen molar-refractivity contribution in [3.8, 4) is 0 Å². The maximum atomic E-state index is 11.6. The second-order valence-electron chi connectivity index (χ2n) is 4.64. The molecule has 96 valence electrons. The zero-order valence-corrected chi connectivity index (χ0v) is 11.3. The summed E-state index contributed by atoms with van der Waals surface area (Å²) in [7, 11) is 0. The van der Waals surface area contributed by atoms with Gasteiger partial charge in [-0.15, -0.1) is 0 Å². The van der Waals surface area contributed by atoms with Crippen molar-refractivity contribution in [2.24, 2.45) is 5.92 Å². The number of rotatable bonds is 9. The van der Waals surface area contributed by atoms with Crippen LogP contribution in [0.4, 0.5) is 0 Å². The first-order chi connectivity index (χ1) is 7.61. The second-order valence-corrected chi connectivity index (χ2v) is 4.64. The van der Waals surface area contributed by atoms with Gasteiger partial charge in [0.25, 0.3) is 0 Å². The summed E-state index contributed by atoms with van der Waals surface area (Å²) < 4.78 is 0. The lowest BCUT2D eigenvalue weighted by Gasteiger charge is -2.16. The summed E-state index contributed by atoms with van der Waals surface area (Å²) in [6.45, 7) is 10.2. The van der Waals surface area contributed by atoms with Crippen LogP contribution < -0.4 is 10.6 Å². The van der Waals surface area contributed by atoms with Crippen LogP contribution in [0.1, 0.15) is 53.4 Å². The molecule has 0 radical (unpaired) electrons. The molecule has 1 amide bonds. The van der Waals surface area contributed by atoms with E-state index in [4.69, 9.17) is 0 Å². The van der Waals surface area contributed by atoms with Crippen LogP contribution in [0.25, 0.3) is 0 Å². The van der Waals surface area contributed by atoms with Crippen molar-refractivity contribution in [3.05, 3.63) is 0 Å². The molecule has 2 N–H and O–H groups in total. The Labute approximate surface area is 100 Å². The van der Waals surface area contributed by atoms with E-state index in [1.807, 2.05) is 6.92 Å². The van der Waals surface area contributed by atoms with Crippen LogP contribution in [0.2, 0.25) is 0 Å². The van der Waals surface area contributed by atoms with Crippen LogP contribution in [0.15, 0.2) is 0 Å². The van der Waals surface area contributed by atoms with Crippen molar-refractivity contribution < 1.29 is 4.79 Å². The van der Waals surface area contributed by atoms with Gasteiger partial charge in [0.2, 0.25) is 5.91 Å². The Hall–Kier alpha value is -0.570. The third-order valence-electron chi connectivity index (χ3n) is 2.94. The number of unbranched alkanes of at least 4 members (excludes halogenated alkanes) is 2. The van der Waals surface area contributed by atoms with E-state index in [-0.39, 0.29) is 11.9 Å². The molecule has 0 aliphatic carbocycles. The Morgan fingerprint density at radius 1 is 1.19 bits per heavy atom. The molecule has 0 aliphatic heterocycles. The van der Waals surface area contributed by atoms with Crippen molar-refractivity contribution in [2.75, 3.05) is 13.1 Å². The summed E-state index contributed by atoms with van der Waals surface area (Å²) in [6, 6.07) is -0.0735. The Kier molecular flexibility index (Phi) is 9.30. The summed E-state index contributed by atoms with van der Waals surface area (Å²) in [5.74, 6) is 0.759. The van der Waals surface area contributed by atoms with Crippen LogP contribution in [0, 0.1) is 5.92 Å². The summed E-state index contributed by atoms with van der Waals surface area (Å²) in [4.78, 5) is 11.6. The Morgan fingerprint density at radius 2 is 1.88 bits per heavy atom. The van der Waals surface area contributed by atoms with Crippen molar-refractivity contribution in [1.29, 1.82) is 0 Å². The lowest BCUT2D eigenvalue weighted by atomic mass is 10.1. The third-order valence-corrected chi connectivity index (χ3v) is 2.94. The second kappa shape index (κ2) is 9.64. The van der Waals surface area contributed by atoms with E-state index in [0.717, 1.165) is 25.9 Å². The molecule has 0 heterocycles. The number of hydrogen-bond acceptors (Lipinski definition) is 2. The van der Waals surface area contributed by atoms with Crippen LogP contribution in [-0.4, -0.2) is 25.0 Å². The van der Waals surface area contributed by atoms with Gasteiger partial charge in [0, 0.05) is 6.54 Å². The molecule has 0 rings (SSSR count). The number of nitrogens with one attached hydrogen (secondary N) is 2. The molecule has 16 heavy (non-hydrogen) atoms. The molecule has 2 atom stereocenters. The molecule has 3 nitrogen and oxygen atoms in total. The zero-order chi connectivity index (χ0) is 12.4. The highest BCUT2D eigenvalue weighted by Gasteiger charge is 2.11. The predicted molar refractivity (Wildman–Crippen MR) is 69.5 cm³/mol. The third kappa shape index (κ3) is 7.69. The van der Waals surface area contributed by atoms with E-state index in [0.29, 0.717) is 5.92 Å². The van der Waals surface area contributed by atoms with Gasteiger partial charge in [-0.05, 0) is 25.8 Å². The fourth-order valence-electron chi connectivity index (χ4n) is 1.35. The minimum Gasteiger partial charge on any atom is -0.355 e. The van der Waals surface area contributed by atoms with Gasteiger partial charge in [-0.1, -0.05) is 40.0 Å². The molecule has 0 aliphatic rings. The first-order valence-corrected chi connectivity index (χ1v) is 6.62. The van der Waals surface area contributed by atoms with Gasteiger partial charge >= 0.3 is 0 Å². The number of carbonyl (C=O) groups excluding carboxylic acids is 1. The maximum Gasteiger partial charge on any atom is 0.236 e. The number of hydrogen-bond donors (Lipinski definition) is 2. The molecule has 0 aromatic rings. The summed E-state index contributed by atoms with van der Waals surface area (Å²) >= 11 is 0. The van der Waals surface area contributed by atoms with Crippen LogP contribution in [0.5, 0.6) is 0 Å². The first-order valence-electron chi connectivity index (χ1n) is 6.62. The topological polar surface area (TPSA) is 41.1 Å². The van der Waals surface area contributed by atoms with Gasteiger partial charge in [-0.3, -0.25) is 4.79 Å². The smallest absolute Gasteiger partial charge is 0.236 e. The zero-order valence-electron chi connectivity index (χ0n) is 11.3. The Bertz CT molecular complexity index is 183. The van der Waals surface area contributed by atoms with Crippen LogP contribution in [0.3, 0.4) is 0 Å². The van der Waals surface area contributed by atoms with Crippen molar-refractivity contribution >= 4 is 5.91 Å². The van der Waals surface area contributed by atoms with E-state index in [9.17, 15) is 4.79 Å². The molecule has 0 saturated carbocycles. The molecular weight excluding hydrogens is 200 g/mol. The summed E-state index contributed by atoms with van der Waals surface area (Å²) in [5, 5.41) is 6.22. The minimum absolute atomic E-state index is 0.0735. The molecule has 0 spiro atoms. The van der Waals surface area contributed by atoms with Gasteiger partial charge in [0.05, 0.1) is 6.04 Å². The lowest BCUT2D eigenvalue weighted by Crippen LogP contribution is -2.43. The first kappa shape index (κ1) is 15.4. The van der Waals surface area contributed by atoms with Crippen LogP contribution in [-0.2, 0) is 4.79 Å². The van der Waals surface area contributed by atoms with Crippen LogP contribution >= 0.6 is 0 Å². The average Bonchev–Trinajstić information content (AvgIpc) is 2.30. The van der Waals surface area contributed by atoms with Crippen molar-refractivity contribution in [1.82, 2.24) is 10.6 Å².